The summed E-state index contributed by atoms with van der Waals surface area (Å²) < 4.78 is 15.4. The summed E-state index contributed by atoms with van der Waals surface area (Å²) >= 11 is 0. The number of carbonyl (C=O) groups is 2. The van der Waals surface area contributed by atoms with Crippen molar-refractivity contribution in [3.8, 4) is 11.5 Å². The fourth-order valence-corrected chi connectivity index (χ4v) is 1.74. The van der Waals surface area contributed by atoms with Gasteiger partial charge in [-0.3, -0.25) is 20.4 Å². The minimum absolute atomic E-state index is 0.101. The number of furan rings is 1. The lowest BCUT2D eigenvalue weighted by Gasteiger charge is -2.11. The molecule has 0 unspecified atom stereocenters. The summed E-state index contributed by atoms with van der Waals surface area (Å²) in [6.45, 7) is 2.34. The highest BCUT2D eigenvalue weighted by Crippen LogP contribution is 2.27. The normalized spacial score (nSPS) is 9.91. The average Bonchev–Trinajstić information content (AvgIpc) is 3.07. The van der Waals surface area contributed by atoms with Gasteiger partial charge in [0.05, 0.1) is 20.0 Å². The Morgan fingerprint density at radius 1 is 1.14 bits per heavy atom. The number of hydrogen-bond acceptors (Lipinski definition) is 5. The molecule has 2 N–H and O–H groups in total. The van der Waals surface area contributed by atoms with E-state index in [0.717, 1.165) is 0 Å². The summed E-state index contributed by atoms with van der Waals surface area (Å²) in [4.78, 5) is 23.6. The molecule has 0 aliphatic heterocycles. The fraction of sp³-hybridized carbons (Fsp3) is 0.200. The van der Waals surface area contributed by atoms with E-state index in [0.29, 0.717) is 23.7 Å². The van der Waals surface area contributed by atoms with E-state index in [1.807, 2.05) is 6.92 Å². The van der Waals surface area contributed by atoms with Crippen LogP contribution < -0.4 is 20.3 Å². The molecule has 1 aromatic carbocycles. The van der Waals surface area contributed by atoms with E-state index in [2.05, 4.69) is 10.9 Å². The Labute approximate surface area is 127 Å². The molecule has 0 aliphatic rings. The Morgan fingerprint density at radius 3 is 2.55 bits per heavy atom. The molecule has 2 amide bonds. The molecule has 0 aliphatic carbocycles. The van der Waals surface area contributed by atoms with Gasteiger partial charge in [-0.15, -0.1) is 0 Å². The van der Waals surface area contributed by atoms with Crippen LogP contribution in [0.3, 0.4) is 0 Å². The zero-order chi connectivity index (χ0) is 15.9. The van der Waals surface area contributed by atoms with Crippen molar-refractivity contribution in [2.45, 2.75) is 6.92 Å². The Kier molecular flexibility index (Phi) is 5.02. The summed E-state index contributed by atoms with van der Waals surface area (Å²) in [5.41, 5.74) is 4.87. The molecule has 1 heterocycles. The van der Waals surface area contributed by atoms with Crippen LogP contribution >= 0.6 is 0 Å². The van der Waals surface area contributed by atoms with E-state index in [1.165, 1.54) is 25.5 Å². The summed E-state index contributed by atoms with van der Waals surface area (Å²) in [5, 5.41) is 0. The average molecular weight is 304 g/mol. The number of carbonyl (C=O) groups excluding carboxylic acids is 2. The number of methoxy groups -OCH3 is 1. The topological polar surface area (TPSA) is 89.8 Å². The lowest BCUT2D eigenvalue weighted by atomic mass is 10.2. The van der Waals surface area contributed by atoms with Gasteiger partial charge in [-0.05, 0) is 37.3 Å². The first-order valence-corrected chi connectivity index (χ1v) is 6.60. The first-order chi connectivity index (χ1) is 10.7. The number of nitrogens with one attached hydrogen (secondary N) is 2. The number of benzene rings is 1. The maximum absolute atomic E-state index is 12.0. The lowest BCUT2D eigenvalue weighted by molar-refractivity contribution is 0.0830. The minimum atomic E-state index is -0.545. The molecule has 2 rings (SSSR count). The summed E-state index contributed by atoms with van der Waals surface area (Å²) in [6, 6.07) is 7.79. The number of rotatable bonds is 5. The van der Waals surface area contributed by atoms with E-state index in [1.54, 1.807) is 18.2 Å². The fourth-order valence-electron chi connectivity index (χ4n) is 1.74. The molecule has 7 heteroatoms. The van der Waals surface area contributed by atoms with Gasteiger partial charge in [0, 0.05) is 5.56 Å². The van der Waals surface area contributed by atoms with Crippen LogP contribution in [-0.4, -0.2) is 25.5 Å². The van der Waals surface area contributed by atoms with E-state index in [4.69, 9.17) is 13.9 Å². The zero-order valence-electron chi connectivity index (χ0n) is 12.2. The second kappa shape index (κ2) is 7.16. The standard InChI is InChI=1S/C15H16N2O5/c1-3-21-11-7-6-10(9-13(11)20-2)14(18)16-17-15(19)12-5-4-8-22-12/h4-9H,3H2,1-2H3,(H,16,18)(H,17,19). The van der Waals surface area contributed by atoms with Gasteiger partial charge in [0.2, 0.25) is 0 Å². The van der Waals surface area contributed by atoms with Crippen LogP contribution in [0.15, 0.2) is 41.0 Å². The van der Waals surface area contributed by atoms with Gasteiger partial charge in [0.15, 0.2) is 17.3 Å². The van der Waals surface area contributed by atoms with Crippen LogP contribution in [0.5, 0.6) is 11.5 Å². The monoisotopic (exact) mass is 304 g/mol. The second-order valence-corrected chi connectivity index (χ2v) is 4.18. The molecule has 1 aromatic heterocycles. The Morgan fingerprint density at radius 2 is 1.91 bits per heavy atom. The minimum Gasteiger partial charge on any atom is -0.493 e. The zero-order valence-corrected chi connectivity index (χ0v) is 12.2. The van der Waals surface area contributed by atoms with Crippen molar-refractivity contribution in [3.63, 3.8) is 0 Å². The molecule has 22 heavy (non-hydrogen) atoms. The summed E-state index contributed by atoms with van der Waals surface area (Å²) in [7, 11) is 1.48. The van der Waals surface area contributed by atoms with E-state index in [9.17, 15) is 9.59 Å². The maximum atomic E-state index is 12.0. The quantitative estimate of drug-likeness (QED) is 0.822. The number of hydrazine groups is 1. The van der Waals surface area contributed by atoms with Crippen molar-refractivity contribution in [2.75, 3.05) is 13.7 Å². The molecule has 0 atom stereocenters. The van der Waals surface area contributed by atoms with Crippen molar-refractivity contribution in [1.29, 1.82) is 0 Å². The Hall–Kier alpha value is -2.96. The van der Waals surface area contributed by atoms with Gasteiger partial charge in [-0.2, -0.15) is 0 Å². The highest BCUT2D eigenvalue weighted by atomic mass is 16.5. The van der Waals surface area contributed by atoms with Crippen molar-refractivity contribution in [3.05, 3.63) is 47.9 Å². The second-order valence-electron chi connectivity index (χ2n) is 4.18. The molecule has 0 fully saturated rings. The molecular weight excluding hydrogens is 288 g/mol. The van der Waals surface area contributed by atoms with Gasteiger partial charge >= 0.3 is 5.91 Å². The van der Waals surface area contributed by atoms with Gasteiger partial charge in [-0.25, -0.2) is 0 Å². The van der Waals surface area contributed by atoms with Crippen LogP contribution in [-0.2, 0) is 0 Å². The SMILES string of the molecule is CCOc1ccc(C(=O)NNC(=O)c2ccco2)cc1OC. The Balaban J connectivity index is 2.01. The maximum Gasteiger partial charge on any atom is 0.305 e. The third kappa shape index (κ3) is 3.57. The predicted octanol–water partition coefficient (Wildman–Crippen LogP) is 1.76. The molecular formula is C15H16N2O5. The largest absolute Gasteiger partial charge is 0.493 e. The summed E-state index contributed by atoms with van der Waals surface area (Å²) in [6.07, 6.45) is 1.37. The number of hydrogen-bond donors (Lipinski definition) is 2. The van der Waals surface area contributed by atoms with Gasteiger partial charge in [0.1, 0.15) is 0 Å². The first-order valence-electron chi connectivity index (χ1n) is 6.60. The van der Waals surface area contributed by atoms with Crippen molar-refractivity contribution in [1.82, 2.24) is 10.9 Å². The van der Waals surface area contributed by atoms with Gasteiger partial charge in [-0.1, -0.05) is 0 Å². The van der Waals surface area contributed by atoms with E-state index < -0.39 is 11.8 Å². The molecule has 0 bridgehead atoms. The van der Waals surface area contributed by atoms with Crippen molar-refractivity contribution < 1.29 is 23.5 Å². The first kappa shape index (κ1) is 15.4. The molecule has 2 aromatic rings. The van der Waals surface area contributed by atoms with Gasteiger partial charge < -0.3 is 13.9 Å². The lowest BCUT2D eigenvalue weighted by Crippen LogP contribution is -2.41. The van der Waals surface area contributed by atoms with E-state index >= 15 is 0 Å². The molecule has 0 saturated heterocycles. The Bertz CT molecular complexity index is 652. The van der Waals surface area contributed by atoms with Crippen LogP contribution in [0, 0.1) is 0 Å². The number of ether oxygens (including phenoxy) is 2. The van der Waals surface area contributed by atoms with Crippen LogP contribution in [0.4, 0.5) is 0 Å². The smallest absolute Gasteiger partial charge is 0.305 e. The van der Waals surface area contributed by atoms with Crippen molar-refractivity contribution >= 4 is 11.8 Å². The molecule has 7 nitrogen and oxygen atoms in total. The number of amides is 2. The third-order valence-electron chi connectivity index (χ3n) is 2.76. The molecule has 0 radical (unpaired) electrons. The molecule has 0 saturated carbocycles. The summed E-state index contributed by atoms with van der Waals surface area (Å²) in [5.74, 6) is 0.0510. The van der Waals surface area contributed by atoms with Crippen molar-refractivity contribution in [2.24, 2.45) is 0 Å². The highest BCUT2D eigenvalue weighted by Gasteiger charge is 2.13. The third-order valence-corrected chi connectivity index (χ3v) is 2.76. The predicted molar refractivity (Wildman–Crippen MR) is 77.8 cm³/mol. The van der Waals surface area contributed by atoms with Crippen LogP contribution in [0.1, 0.15) is 27.8 Å². The van der Waals surface area contributed by atoms with Gasteiger partial charge in [0.25, 0.3) is 5.91 Å². The van der Waals surface area contributed by atoms with E-state index in [-0.39, 0.29) is 5.76 Å². The molecule has 0 spiro atoms. The van der Waals surface area contributed by atoms with Crippen LogP contribution in [0.2, 0.25) is 0 Å². The van der Waals surface area contributed by atoms with Crippen LogP contribution in [0.25, 0.3) is 0 Å². The molecule has 116 valence electrons. The highest BCUT2D eigenvalue weighted by molar-refractivity contribution is 5.98.